The summed E-state index contributed by atoms with van der Waals surface area (Å²) >= 11 is 1.66. The van der Waals surface area contributed by atoms with Crippen molar-refractivity contribution in [3.8, 4) is 0 Å². The maximum atomic E-state index is 14.1. The quantitative estimate of drug-likeness (QED) is 0.175. The van der Waals surface area contributed by atoms with Crippen LogP contribution in [-0.2, 0) is 16.0 Å². The van der Waals surface area contributed by atoms with Crippen LogP contribution in [0.3, 0.4) is 0 Å². The summed E-state index contributed by atoms with van der Waals surface area (Å²) in [7, 11) is 0. The van der Waals surface area contributed by atoms with E-state index in [0.717, 1.165) is 27.8 Å². The van der Waals surface area contributed by atoms with Gasteiger partial charge in [-0.2, -0.15) is 0 Å². The zero-order valence-electron chi connectivity index (χ0n) is 21.1. The van der Waals surface area contributed by atoms with Crippen LogP contribution in [0.5, 0.6) is 0 Å². The lowest BCUT2D eigenvalue weighted by molar-refractivity contribution is -0.146. The fourth-order valence-corrected chi connectivity index (χ4v) is 5.97. The molecule has 0 unspecified atom stereocenters. The molecule has 0 N–H and O–H groups in total. The van der Waals surface area contributed by atoms with Crippen LogP contribution in [0.1, 0.15) is 39.2 Å². The van der Waals surface area contributed by atoms with Gasteiger partial charge in [0.05, 0.1) is 5.25 Å². The van der Waals surface area contributed by atoms with Crippen molar-refractivity contribution >= 4 is 17.7 Å². The van der Waals surface area contributed by atoms with E-state index >= 15 is 0 Å². The van der Waals surface area contributed by atoms with Crippen LogP contribution < -0.4 is 0 Å². The molecule has 0 spiro atoms. The Morgan fingerprint density at radius 2 is 0.895 bits per heavy atom. The van der Waals surface area contributed by atoms with Crippen LogP contribution >= 0.6 is 11.8 Å². The highest BCUT2D eigenvalue weighted by Gasteiger charge is 2.30. The van der Waals surface area contributed by atoms with Gasteiger partial charge in [0.15, 0.2) is 6.10 Å². The molecule has 188 valence electrons. The number of esters is 1. The summed E-state index contributed by atoms with van der Waals surface area (Å²) < 4.78 is 6.37. The van der Waals surface area contributed by atoms with Gasteiger partial charge < -0.3 is 4.74 Å². The third-order valence-electron chi connectivity index (χ3n) is 6.47. The van der Waals surface area contributed by atoms with Crippen molar-refractivity contribution in [3.63, 3.8) is 0 Å². The van der Waals surface area contributed by atoms with Gasteiger partial charge in [0.25, 0.3) is 0 Å². The summed E-state index contributed by atoms with van der Waals surface area (Å²) in [6, 6.07) is 50.9. The van der Waals surface area contributed by atoms with E-state index in [-0.39, 0.29) is 11.2 Å². The van der Waals surface area contributed by atoms with Crippen molar-refractivity contribution in [3.05, 3.63) is 179 Å². The smallest absolute Gasteiger partial charge is 0.320 e. The molecule has 5 rings (SSSR count). The maximum Gasteiger partial charge on any atom is 0.320 e. The van der Waals surface area contributed by atoms with Gasteiger partial charge in [-0.3, -0.25) is 4.79 Å². The molecule has 0 saturated heterocycles. The van der Waals surface area contributed by atoms with E-state index in [1.54, 1.807) is 11.8 Å². The lowest BCUT2D eigenvalue weighted by Crippen LogP contribution is -2.26. The highest BCUT2D eigenvalue weighted by atomic mass is 32.2. The van der Waals surface area contributed by atoms with Crippen LogP contribution in [0, 0.1) is 0 Å². The van der Waals surface area contributed by atoms with E-state index in [1.807, 2.05) is 91.0 Å². The second-order valence-corrected chi connectivity index (χ2v) is 10.5. The molecule has 0 saturated carbocycles. The Balaban J connectivity index is 1.49. The topological polar surface area (TPSA) is 26.3 Å². The largest absolute Gasteiger partial charge is 0.452 e. The second-order valence-electron chi connectivity index (χ2n) is 9.15. The Kier molecular flexibility index (Phi) is 8.70. The Bertz CT molecular complexity index is 1310. The minimum Gasteiger partial charge on any atom is -0.452 e. The molecule has 5 aromatic rings. The van der Waals surface area contributed by atoms with Gasteiger partial charge in [-0.1, -0.05) is 152 Å². The van der Waals surface area contributed by atoms with Crippen molar-refractivity contribution in [2.45, 2.75) is 23.0 Å². The van der Waals surface area contributed by atoms with E-state index in [4.69, 9.17) is 4.74 Å². The van der Waals surface area contributed by atoms with Crippen molar-refractivity contribution < 1.29 is 9.53 Å². The summed E-state index contributed by atoms with van der Waals surface area (Å²) in [5.41, 5.74) is 5.35. The predicted octanol–water partition coefficient (Wildman–Crippen LogP) is 8.45. The highest BCUT2D eigenvalue weighted by Crippen LogP contribution is 2.40. The number of hydrogen-bond acceptors (Lipinski definition) is 3. The number of benzene rings is 5. The van der Waals surface area contributed by atoms with Crippen LogP contribution in [0.15, 0.2) is 152 Å². The minimum absolute atomic E-state index is 0.00874. The highest BCUT2D eigenvalue weighted by molar-refractivity contribution is 8.01. The first-order valence-corrected chi connectivity index (χ1v) is 13.8. The summed E-state index contributed by atoms with van der Waals surface area (Å²) in [4.78, 5) is 14.1. The summed E-state index contributed by atoms with van der Waals surface area (Å²) in [5.74, 6) is -0.214. The zero-order valence-corrected chi connectivity index (χ0v) is 21.9. The van der Waals surface area contributed by atoms with Gasteiger partial charge in [0.2, 0.25) is 0 Å². The standard InChI is InChI=1S/C35H30O2S/c36-35(37-33(28-18-8-2-9-19-28)29-20-10-3-11-21-29)32(26-27-16-6-1-7-17-27)38-34(30-22-12-4-13-23-30)31-24-14-5-15-25-31/h1-25,32-34H,26H2/t32-/m0/s1. The number of carbonyl (C=O) groups excluding carboxylic acids is 1. The second kappa shape index (κ2) is 12.9. The first kappa shape index (κ1) is 25.6. The number of ether oxygens (including phenoxy) is 1. The molecule has 1 atom stereocenters. The number of hydrogen-bond donors (Lipinski definition) is 0. The van der Waals surface area contributed by atoms with Gasteiger partial charge in [-0.05, 0) is 34.2 Å². The lowest BCUT2D eigenvalue weighted by atomic mass is 10.0. The zero-order chi connectivity index (χ0) is 26.0. The average Bonchev–Trinajstić information content (AvgIpc) is 3.00. The third kappa shape index (κ3) is 6.62. The molecule has 0 radical (unpaired) electrons. The Hall–Kier alpha value is -4.08. The molecule has 0 amide bonds. The van der Waals surface area contributed by atoms with Crippen LogP contribution in [0.25, 0.3) is 0 Å². The number of carbonyl (C=O) groups is 1. The van der Waals surface area contributed by atoms with Crippen molar-refractivity contribution in [2.24, 2.45) is 0 Å². The van der Waals surface area contributed by atoms with Crippen molar-refractivity contribution in [1.29, 1.82) is 0 Å². The molecule has 0 aliphatic heterocycles. The molecule has 0 aliphatic carbocycles. The van der Waals surface area contributed by atoms with Gasteiger partial charge in [0.1, 0.15) is 5.25 Å². The molecule has 5 aromatic carbocycles. The summed E-state index contributed by atoms with van der Waals surface area (Å²) in [6.07, 6.45) is 0.104. The summed E-state index contributed by atoms with van der Waals surface area (Å²) in [6.45, 7) is 0. The van der Waals surface area contributed by atoms with Crippen LogP contribution in [-0.4, -0.2) is 11.2 Å². The molecule has 0 bridgehead atoms. The Labute approximate surface area is 229 Å². The monoisotopic (exact) mass is 514 g/mol. The van der Waals surface area contributed by atoms with Crippen molar-refractivity contribution in [1.82, 2.24) is 0 Å². The Morgan fingerprint density at radius 1 is 0.526 bits per heavy atom. The number of rotatable bonds is 10. The SMILES string of the molecule is O=C(OC(c1ccccc1)c1ccccc1)[C@H](Cc1ccccc1)SC(c1ccccc1)c1ccccc1. The molecule has 0 aliphatic rings. The average molecular weight is 515 g/mol. The fourth-order valence-electron chi connectivity index (χ4n) is 4.56. The molecular weight excluding hydrogens is 484 g/mol. The van der Waals surface area contributed by atoms with Gasteiger partial charge in [-0.25, -0.2) is 0 Å². The first-order valence-electron chi connectivity index (χ1n) is 12.9. The molecule has 0 heterocycles. The molecule has 0 aromatic heterocycles. The van der Waals surface area contributed by atoms with E-state index in [9.17, 15) is 4.79 Å². The fraction of sp³-hybridized carbons (Fsp3) is 0.114. The van der Waals surface area contributed by atoms with E-state index in [1.165, 1.54) is 0 Å². The molecule has 3 heteroatoms. The molecule has 2 nitrogen and oxygen atoms in total. The molecular formula is C35H30O2S. The van der Waals surface area contributed by atoms with E-state index < -0.39 is 11.4 Å². The lowest BCUT2D eigenvalue weighted by Gasteiger charge is -2.26. The third-order valence-corrected chi connectivity index (χ3v) is 7.97. The van der Waals surface area contributed by atoms with Gasteiger partial charge >= 0.3 is 5.97 Å². The van der Waals surface area contributed by atoms with Gasteiger partial charge in [-0.15, -0.1) is 11.8 Å². The number of thioether (sulfide) groups is 1. The van der Waals surface area contributed by atoms with E-state index in [0.29, 0.717) is 6.42 Å². The molecule has 38 heavy (non-hydrogen) atoms. The summed E-state index contributed by atoms with van der Waals surface area (Å²) in [5, 5.41) is -0.414. The van der Waals surface area contributed by atoms with Crippen LogP contribution in [0.2, 0.25) is 0 Å². The van der Waals surface area contributed by atoms with Crippen LogP contribution in [0.4, 0.5) is 0 Å². The van der Waals surface area contributed by atoms with Crippen molar-refractivity contribution in [2.75, 3.05) is 0 Å². The molecule has 0 fully saturated rings. The van der Waals surface area contributed by atoms with Gasteiger partial charge in [0, 0.05) is 0 Å². The Morgan fingerprint density at radius 3 is 1.32 bits per heavy atom. The first-order chi connectivity index (χ1) is 18.8. The minimum atomic E-state index is -0.476. The maximum absolute atomic E-state index is 14.1. The predicted molar refractivity (Wildman–Crippen MR) is 157 cm³/mol. The van der Waals surface area contributed by atoms with E-state index in [2.05, 4.69) is 60.7 Å². The normalized spacial score (nSPS) is 11.8.